The molecule has 0 spiro atoms. The van der Waals surface area contributed by atoms with E-state index in [0.29, 0.717) is 6.07 Å². The number of carbonyl (C=O) groups excluding carboxylic acids is 2. The van der Waals surface area contributed by atoms with Crippen molar-refractivity contribution in [3.63, 3.8) is 0 Å². The van der Waals surface area contributed by atoms with Gasteiger partial charge in [0.1, 0.15) is 17.1 Å². The summed E-state index contributed by atoms with van der Waals surface area (Å²) >= 11 is 0. The average Bonchev–Trinajstić information content (AvgIpc) is 2.45. The van der Waals surface area contributed by atoms with Crippen molar-refractivity contribution in [2.45, 2.75) is 26.4 Å². The number of carbonyl (C=O) groups is 2. The number of amides is 1. The van der Waals surface area contributed by atoms with E-state index in [1.54, 1.807) is 20.8 Å². The summed E-state index contributed by atoms with van der Waals surface area (Å²) in [5, 5.41) is 13.1. The fourth-order valence-electron chi connectivity index (χ4n) is 1.62. The maximum absolute atomic E-state index is 13.2. The van der Waals surface area contributed by atoms with Crippen molar-refractivity contribution in [3.8, 4) is 0 Å². The SMILES string of the molecule is COC(=O)/C(=C\c1ccc(F)cc1[N+](=O)[O-])NC(=O)OC(C)(C)C. The Hall–Kier alpha value is -2.97. The quantitative estimate of drug-likeness (QED) is 0.391. The summed E-state index contributed by atoms with van der Waals surface area (Å²) in [5.41, 5.74) is -1.85. The van der Waals surface area contributed by atoms with E-state index < -0.39 is 34.1 Å². The van der Waals surface area contributed by atoms with Crippen molar-refractivity contribution in [1.82, 2.24) is 5.32 Å². The van der Waals surface area contributed by atoms with Crippen LogP contribution in [0.4, 0.5) is 14.9 Å². The molecule has 0 aromatic heterocycles. The third-order valence-corrected chi connectivity index (χ3v) is 2.53. The zero-order chi connectivity index (χ0) is 18.5. The smallest absolute Gasteiger partial charge is 0.412 e. The van der Waals surface area contributed by atoms with Crippen molar-refractivity contribution in [2.75, 3.05) is 7.11 Å². The Labute approximate surface area is 137 Å². The maximum atomic E-state index is 13.2. The molecule has 0 radical (unpaired) electrons. The molecule has 0 bridgehead atoms. The van der Waals surface area contributed by atoms with E-state index >= 15 is 0 Å². The van der Waals surface area contributed by atoms with Gasteiger partial charge >= 0.3 is 12.1 Å². The summed E-state index contributed by atoms with van der Waals surface area (Å²) in [5.74, 6) is -1.75. The molecule has 0 saturated heterocycles. The lowest BCUT2D eigenvalue weighted by Gasteiger charge is -2.20. The first-order valence-corrected chi connectivity index (χ1v) is 6.77. The van der Waals surface area contributed by atoms with Crippen LogP contribution in [0, 0.1) is 15.9 Å². The number of nitrogens with one attached hydrogen (secondary N) is 1. The zero-order valence-electron chi connectivity index (χ0n) is 13.6. The number of hydrogen-bond acceptors (Lipinski definition) is 6. The van der Waals surface area contributed by atoms with Crippen LogP contribution in [0.3, 0.4) is 0 Å². The summed E-state index contributed by atoms with van der Waals surface area (Å²) in [4.78, 5) is 33.7. The Morgan fingerprint density at radius 3 is 2.46 bits per heavy atom. The van der Waals surface area contributed by atoms with Crippen LogP contribution in [0.15, 0.2) is 23.9 Å². The first-order chi connectivity index (χ1) is 11.0. The number of rotatable bonds is 4. The highest BCUT2D eigenvalue weighted by atomic mass is 19.1. The van der Waals surface area contributed by atoms with Crippen LogP contribution in [-0.2, 0) is 14.3 Å². The fraction of sp³-hybridized carbons (Fsp3) is 0.333. The Morgan fingerprint density at radius 2 is 1.96 bits per heavy atom. The number of nitrogens with zero attached hydrogens (tertiary/aromatic N) is 1. The van der Waals surface area contributed by atoms with Crippen LogP contribution in [-0.4, -0.2) is 29.7 Å². The molecule has 1 aromatic rings. The minimum absolute atomic E-state index is 0.0853. The molecule has 0 aliphatic carbocycles. The van der Waals surface area contributed by atoms with Crippen molar-refractivity contribution < 1.29 is 28.4 Å². The molecular weight excluding hydrogens is 323 g/mol. The molecular formula is C15H17FN2O6. The van der Waals surface area contributed by atoms with Gasteiger partial charge in [-0.15, -0.1) is 0 Å². The summed E-state index contributed by atoms with van der Waals surface area (Å²) < 4.78 is 22.7. The second-order valence-electron chi connectivity index (χ2n) is 5.64. The third-order valence-electron chi connectivity index (χ3n) is 2.53. The van der Waals surface area contributed by atoms with E-state index in [4.69, 9.17) is 4.74 Å². The molecule has 1 amide bonds. The maximum Gasteiger partial charge on any atom is 0.412 e. The molecule has 0 unspecified atom stereocenters. The molecule has 1 aromatic carbocycles. The largest absolute Gasteiger partial charge is 0.464 e. The van der Waals surface area contributed by atoms with Crippen LogP contribution in [0.2, 0.25) is 0 Å². The number of hydrogen-bond donors (Lipinski definition) is 1. The lowest BCUT2D eigenvalue weighted by molar-refractivity contribution is -0.385. The van der Waals surface area contributed by atoms with Gasteiger partial charge < -0.3 is 9.47 Å². The average molecular weight is 340 g/mol. The van der Waals surface area contributed by atoms with E-state index in [0.717, 1.165) is 25.3 Å². The predicted molar refractivity (Wildman–Crippen MR) is 82.4 cm³/mol. The summed E-state index contributed by atoms with van der Waals surface area (Å²) in [7, 11) is 1.08. The molecule has 0 aliphatic heterocycles. The van der Waals surface area contributed by atoms with Crippen LogP contribution in [0.1, 0.15) is 26.3 Å². The number of alkyl carbamates (subject to hydrolysis) is 1. The van der Waals surface area contributed by atoms with Crippen molar-refractivity contribution in [2.24, 2.45) is 0 Å². The normalized spacial score (nSPS) is 11.6. The molecule has 24 heavy (non-hydrogen) atoms. The van der Waals surface area contributed by atoms with Gasteiger partial charge in [0, 0.05) is 0 Å². The van der Waals surface area contributed by atoms with Crippen molar-refractivity contribution >= 4 is 23.8 Å². The van der Waals surface area contributed by atoms with Gasteiger partial charge in [0.25, 0.3) is 5.69 Å². The van der Waals surface area contributed by atoms with Gasteiger partial charge in [-0.3, -0.25) is 15.4 Å². The standard InChI is InChI=1S/C15H17FN2O6/c1-15(2,3)24-14(20)17-11(13(19)23-4)7-9-5-6-10(16)8-12(9)18(21)22/h5-8H,1-4H3,(H,17,20)/b11-7+. The lowest BCUT2D eigenvalue weighted by atomic mass is 10.1. The number of ether oxygens (including phenoxy) is 2. The minimum atomic E-state index is -0.945. The molecule has 0 fully saturated rings. The summed E-state index contributed by atoms with van der Waals surface area (Å²) in [6.07, 6.45) is 0.0664. The number of benzene rings is 1. The number of nitro groups is 1. The van der Waals surface area contributed by atoms with Gasteiger partial charge in [0.2, 0.25) is 0 Å². The Bertz CT molecular complexity index is 694. The molecule has 1 rings (SSSR count). The minimum Gasteiger partial charge on any atom is -0.464 e. The third kappa shape index (κ3) is 5.67. The molecule has 130 valence electrons. The molecule has 8 nitrogen and oxygen atoms in total. The van der Waals surface area contributed by atoms with Gasteiger partial charge in [-0.2, -0.15) is 0 Å². The monoisotopic (exact) mass is 340 g/mol. The fourth-order valence-corrected chi connectivity index (χ4v) is 1.62. The molecule has 9 heteroatoms. The van der Waals surface area contributed by atoms with Crippen LogP contribution in [0.25, 0.3) is 6.08 Å². The summed E-state index contributed by atoms with van der Waals surface area (Å²) in [6, 6.07) is 2.79. The van der Waals surface area contributed by atoms with E-state index in [1.165, 1.54) is 0 Å². The van der Waals surface area contributed by atoms with Crippen molar-refractivity contribution in [3.05, 3.63) is 45.4 Å². The van der Waals surface area contributed by atoms with Gasteiger partial charge in [-0.1, -0.05) is 0 Å². The Morgan fingerprint density at radius 1 is 1.33 bits per heavy atom. The summed E-state index contributed by atoms with van der Waals surface area (Å²) in [6.45, 7) is 4.87. The van der Waals surface area contributed by atoms with Crippen LogP contribution < -0.4 is 5.32 Å². The first-order valence-electron chi connectivity index (χ1n) is 6.77. The number of nitro benzene ring substituents is 1. The second-order valence-corrected chi connectivity index (χ2v) is 5.64. The van der Waals surface area contributed by atoms with E-state index in [1.807, 2.05) is 0 Å². The highest BCUT2D eigenvalue weighted by Crippen LogP contribution is 2.22. The van der Waals surface area contributed by atoms with E-state index in [2.05, 4.69) is 10.1 Å². The molecule has 1 N–H and O–H groups in total. The van der Waals surface area contributed by atoms with E-state index in [9.17, 15) is 24.1 Å². The molecule has 0 aliphatic rings. The Balaban J connectivity index is 3.22. The highest BCUT2D eigenvalue weighted by Gasteiger charge is 2.22. The molecule has 0 saturated carbocycles. The Kier molecular flexibility index (Phi) is 5.99. The number of methoxy groups -OCH3 is 1. The topological polar surface area (TPSA) is 108 Å². The van der Waals surface area contributed by atoms with Crippen molar-refractivity contribution in [1.29, 1.82) is 0 Å². The lowest BCUT2D eigenvalue weighted by Crippen LogP contribution is -2.34. The van der Waals surface area contributed by atoms with Gasteiger partial charge in [0.05, 0.1) is 23.7 Å². The highest BCUT2D eigenvalue weighted by molar-refractivity contribution is 5.97. The predicted octanol–water partition coefficient (Wildman–Crippen LogP) is 2.77. The van der Waals surface area contributed by atoms with Gasteiger partial charge in [-0.05, 0) is 39.0 Å². The first kappa shape index (κ1) is 19.1. The number of halogens is 1. The van der Waals surface area contributed by atoms with Crippen LogP contribution in [0.5, 0.6) is 0 Å². The van der Waals surface area contributed by atoms with Gasteiger partial charge in [-0.25, -0.2) is 14.0 Å². The van der Waals surface area contributed by atoms with Crippen LogP contribution >= 0.6 is 0 Å². The number of esters is 1. The van der Waals surface area contributed by atoms with Gasteiger partial charge in [0.15, 0.2) is 0 Å². The zero-order valence-corrected chi connectivity index (χ0v) is 13.6. The molecule has 0 heterocycles. The second kappa shape index (κ2) is 7.53. The van der Waals surface area contributed by atoms with E-state index in [-0.39, 0.29) is 11.3 Å². The molecule has 0 atom stereocenters.